The van der Waals surface area contributed by atoms with E-state index in [4.69, 9.17) is 15.2 Å². The Bertz CT molecular complexity index is 1150. The summed E-state index contributed by atoms with van der Waals surface area (Å²) in [5.41, 5.74) is 9.46. The first-order valence-electron chi connectivity index (χ1n) is 12.1. The first-order valence-corrected chi connectivity index (χ1v) is 12.9. The minimum atomic E-state index is -0.889. The molecule has 1 atom stereocenters. The van der Waals surface area contributed by atoms with Gasteiger partial charge in [0.05, 0.1) is 35.1 Å². The van der Waals surface area contributed by atoms with Crippen LogP contribution in [0.5, 0.6) is 11.5 Å². The van der Waals surface area contributed by atoms with Crippen LogP contribution in [0.3, 0.4) is 0 Å². The van der Waals surface area contributed by atoms with E-state index < -0.39 is 6.17 Å². The molecule has 7 nitrogen and oxygen atoms in total. The number of benzene rings is 2. The molecule has 2 aromatic carbocycles. The third-order valence-electron chi connectivity index (χ3n) is 6.24. The summed E-state index contributed by atoms with van der Waals surface area (Å²) in [6.45, 7) is 15.1. The van der Waals surface area contributed by atoms with Crippen LogP contribution in [0.2, 0.25) is 0 Å². The van der Waals surface area contributed by atoms with E-state index in [1.807, 2.05) is 24.3 Å². The van der Waals surface area contributed by atoms with E-state index >= 15 is 0 Å². The largest absolute Gasteiger partial charge is 0.492 e. The van der Waals surface area contributed by atoms with Crippen LogP contribution < -0.4 is 20.1 Å². The van der Waals surface area contributed by atoms with Gasteiger partial charge in [-0.25, -0.2) is 5.06 Å². The summed E-state index contributed by atoms with van der Waals surface area (Å²) in [6.07, 6.45) is 0.800. The average molecular weight is 549 g/mol. The van der Waals surface area contributed by atoms with Crippen molar-refractivity contribution in [1.29, 1.82) is 0 Å². The van der Waals surface area contributed by atoms with Gasteiger partial charge in [-0.3, -0.25) is 14.9 Å². The van der Waals surface area contributed by atoms with Crippen LogP contribution in [0.1, 0.15) is 64.8 Å². The van der Waals surface area contributed by atoms with E-state index in [0.29, 0.717) is 59.1 Å². The minimum absolute atomic E-state index is 0. The van der Waals surface area contributed by atoms with Gasteiger partial charge in [0.15, 0.2) is 5.75 Å². The zero-order chi connectivity index (χ0) is 25.4. The van der Waals surface area contributed by atoms with Crippen molar-refractivity contribution >= 4 is 34.7 Å². The third kappa shape index (κ3) is 5.15. The van der Waals surface area contributed by atoms with Crippen molar-refractivity contribution in [3.8, 4) is 11.5 Å². The Labute approximate surface area is 229 Å². The predicted octanol–water partition coefficient (Wildman–Crippen LogP) is 6.32. The summed E-state index contributed by atoms with van der Waals surface area (Å²) in [6, 6.07) is 7.78. The van der Waals surface area contributed by atoms with Crippen molar-refractivity contribution in [2.24, 2.45) is 17.6 Å². The Morgan fingerprint density at radius 2 is 1.69 bits per heavy atom. The first-order chi connectivity index (χ1) is 16.6. The van der Waals surface area contributed by atoms with Gasteiger partial charge < -0.3 is 15.2 Å². The molecule has 0 aromatic heterocycles. The number of hydrogen-bond acceptors (Lipinski definition) is 7. The second-order valence-electron chi connectivity index (χ2n) is 9.85. The molecule has 9 heteroatoms. The fourth-order valence-corrected chi connectivity index (χ4v) is 5.49. The van der Waals surface area contributed by atoms with Crippen LogP contribution in [-0.2, 0) is 23.4 Å². The zero-order valence-electron chi connectivity index (χ0n) is 21.6. The predicted molar refractivity (Wildman–Crippen MR) is 139 cm³/mol. The van der Waals surface area contributed by atoms with E-state index in [0.717, 1.165) is 33.4 Å². The van der Waals surface area contributed by atoms with Crippen LogP contribution in [0.25, 0.3) is 5.70 Å². The molecule has 1 amide bonds. The third-order valence-corrected chi connectivity index (χ3v) is 7.39. The first kappa shape index (κ1) is 28.5. The number of hydroxylamine groups is 2. The maximum atomic E-state index is 13.1. The monoisotopic (exact) mass is 548 g/mol. The molecule has 0 bridgehead atoms. The summed E-state index contributed by atoms with van der Waals surface area (Å²) in [4.78, 5) is 16.5. The second kappa shape index (κ2) is 11.5. The number of carbonyl (C=O) groups excluding carboxylic acids is 1. The summed E-state index contributed by atoms with van der Waals surface area (Å²) in [5, 5.41) is 11.7. The molecule has 193 valence electrons. The number of ether oxygens (including phenoxy) is 2. The SMILES string of the molecule is C=C1c2c(OCCC(C)C)c3c(c(OCCC(C)C)c2C(N)N1O)N(C(C)=O)c1ccccc1S3.[V]. The summed E-state index contributed by atoms with van der Waals surface area (Å²) in [5.74, 6) is 1.82. The maximum Gasteiger partial charge on any atom is 0.228 e. The molecule has 0 aliphatic carbocycles. The quantitative estimate of drug-likeness (QED) is 0.399. The van der Waals surface area contributed by atoms with Crippen molar-refractivity contribution in [3.05, 3.63) is 42.0 Å². The van der Waals surface area contributed by atoms with Crippen LogP contribution >= 0.6 is 11.8 Å². The minimum Gasteiger partial charge on any atom is -0.492 e. The van der Waals surface area contributed by atoms with Gasteiger partial charge >= 0.3 is 0 Å². The number of rotatable bonds is 8. The normalized spacial score (nSPS) is 16.0. The standard InChI is InChI=1S/C27H35N3O4S.V/c1-15(2)11-13-33-24-22-21(17(5)30(32)27(22)28)25(34-14-12-16(3)4)26-23(24)29(18(6)31)19-9-7-8-10-20(19)35-26;/h7-10,15-16,27,32H,5,11-14,28H2,1-4,6H3;. The summed E-state index contributed by atoms with van der Waals surface area (Å²) in [7, 11) is 0. The Morgan fingerprint density at radius 1 is 1.11 bits per heavy atom. The molecule has 3 N–H and O–H groups in total. The Morgan fingerprint density at radius 3 is 2.28 bits per heavy atom. The molecular weight excluding hydrogens is 513 g/mol. The average Bonchev–Trinajstić information content (AvgIpc) is 3.02. The van der Waals surface area contributed by atoms with Crippen LogP contribution in [0.15, 0.2) is 40.6 Å². The molecule has 0 spiro atoms. The van der Waals surface area contributed by atoms with Gasteiger partial charge in [0.25, 0.3) is 0 Å². The number of carbonyl (C=O) groups is 1. The molecule has 0 fully saturated rings. The number of nitrogens with two attached hydrogens (primary N) is 1. The fourth-order valence-electron chi connectivity index (χ4n) is 4.32. The van der Waals surface area contributed by atoms with E-state index in [-0.39, 0.29) is 24.5 Å². The molecule has 36 heavy (non-hydrogen) atoms. The molecule has 1 unspecified atom stereocenters. The molecule has 4 rings (SSSR count). The molecule has 2 aliphatic rings. The number of para-hydroxylation sites is 1. The number of fused-ring (bicyclic) bond motifs is 3. The van der Waals surface area contributed by atoms with Crippen molar-refractivity contribution in [2.45, 2.75) is 63.4 Å². The van der Waals surface area contributed by atoms with E-state index in [1.165, 1.54) is 18.7 Å². The Kier molecular flexibility index (Phi) is 9.12. The van der Waals surface area contributed by atoms with E-state index in [1.54, 1.807) is 4.90 Å². The number of nitrogens with zero attached hydrogens (tertiary/aromatic N) is 2. The van der Waals surface area contributed by atoms with Crippen LogP contribution in [-0.4, -0.2) is 29.4 Å². The van der Waals surface area contributed by atoms with Gasteiger partial charge in [0.1, 0.15) is 17.6 Å². The van der Waals surface area contributed by atoms with Crippen molar-refractivity contribution in [1.82, 2.24) is 5.06 Å². The number of hydrogen-bond donors (Lipinski definition) is 2. The van der Waals surface area contributed by atoms with Crippen molar-refractivity contribution in [3.63, 3.8) is 0 Å². The van der Waals surface area contributed by atoms with E-state index in [2.05, 4.69) is 34.3 Å². The maximum absolute atomic E-state index is 13.1. The second-order valence-corrected chi connectivity index (χ2v) is 10.9. The van der Waals surface area contributed by atoms with Gasteiger partial charge in [-0.2, -0.15) is 0 Å². The molecule has 2 aromatic rings. The van der Waals surface area contributed by atoms with E-state index in [9.17, 15) is 10.0 Å². The van der Waals surface area contributed by atoms with Crippen molar-refractivity contribution in [2.75, 3.05) is 18.1 Å². The van der Waals surface area contributed by atoms with Crippen LogP contribution in [0.4, 0.5) is 11.4 Å². The zero-order valence-corrected chi connectivity index (χ0v) is 23.8. The van der Waals surface area contributed by atoms with Crippen LogP contribution in [0, 0.1) is 11.8 Å². The molecule has 0 saturated heterocycles. The summed E-state index contributed by atoms with van der Waals surface area (Å²) >= 11 is 1.53. The molecule has 1 radical (unpaired) electrons. The van der Waals surface area contributed by atoms with Gasteiger partial charge in [-0.15, -0.1) is 0 Å². The van der Waals surface area contributed by atoms with Gasteiger partial charge in [0.2, 0.25) is 5.91 Å². The molecule has 2 heterocycles. The number of anilines is 2. The van der Waals surface area contributed by atoms with Crippen molar-refractivity contribution < 1.29 is 38.0 Å². The fraction of sp³-hybridized carbons (Fsp3) is 0.444. The smallest absolute Gasteiger partial charge is 0.228 e. The Hall–Kier alpha value is -2.10. The topological polar surface area (TPSA) is 88.3 Å². The summed E-state index contributed by atoms with van der Waals surface area (Å²) < 4.78 is 12.8. The molecular formula is C27H35N3O4SV. The van der Waals surface area contributed by atoms with Gasteiger partial charge in [-0.05, 0) is 36.8 Å². The number of amides is 1. The van der Waals surface area contributed by atoms with Gasteiger partial charge in [0, 0.05) is 35.9 Å². The molecule has 0 saturated carbocycles. The van der Waals surface area contributed by atoms with Gasteiger partial charge in [-0.1, -0.05) is 58.2 Å². The Balaban J connectivity index is 0.00000361. The molecule has 2 aliphatic heterocycles.